The Bertz CT molecular complexity index is 625. The summed E-state index contributed by atoms with van der Waals surface area (Å²) >= 11 is 12.7. The molecule has 2 rings (SSSR count). The third-order valence-electron chi connectivity index (χ3n) is 2.04. The molecule has 0 unspecified atom stereocenters. The third kappa shape index (κ3) is 3.07. The molecule has 7 heteroatoms. The standard InChI is InChI=1S/C11H6Cl2N2O2S/c12-9-3-1-7(5-10(9)13)14-6-8-2-4-11(18-8)15(16)17/h1-6H. The zero-order valence-electron chi connectivity index (χ0n) is 8.84. The first-order valence-electron chi connectivity index (χ1n) is 4.79. The Morgan fingerprint density at radius 3 is 2.61 bits per heavy atom. The minimum atomic E-state index is -0.429. The van der Waals surface area contributed by atoms with Gasteiger partial charge in [0.15, 0.2) is 0 Å². The Balaban J connectivity index is 2.19. The Hall–Kier alpha value is -1.43. The van der Waals surface area contributed by atoms with Gasteiger partial charge in [-0.3, -0.25) is 15.1 Å². The third-order valence-corrected chi connectivity index (χ3v) is 3.75. The van der Waals surface area contributed by atoms with Crippen LogP contribution in [0.15, 0.2) is 35.3 Å². The lowest BCUT2D eigenvalue weighted by Gasteiger charge is -1.96. The first-order valence-corrected chi connectivity index (χ1v) is 6.37. The Labute approximate surface area is 117 Å². The summed E-state index contributed by atoms with van der Waals surface area (Å²) < 4.78 is 0. The molecule has 0 aliphatic carbocycles. The molecule has 92 valence electrons. The van der Waals surface area contributed by atoms with E-state index >= 15 is 0 Å². The topological polar surface area (TPSA) is 55.5 Å². The first kappa shape index (κ1) is 13.0. The van der Waals surface area contributed by atoms with Crippen molar-refractivity contribution in [3.05, 3.63) is 55.4 Å². The SMILES string of the molecule is O=[N+]([O-])c1ccc(C=Nc2ccc(Cl)c(Cl)c2)s1. The van der Waals surface area contributed by atoms with E-state index in [1.54, 1.807) is 30.5 Å². The maximum absolute atomic E-state index is 10.5. The summed E-state index contributed by atoms with van der Waals surface area (Å²) in [5.74, 6) is 0. The molecule has 0 bridgehead atoms. The van der Waals surface area contributed by atoms with Crippen molar-refractivity contribution in [2.24, 2.45) is 4.99 Å². The van der Waals surface area contributed by atoms with Crippen molar-refractivity contribution in [3.63, 3.8) is 0 Å². The summed E-state index contributed by atoms with van der Waals surface area (Å²) in [4.78, 5) is 15.0. The summed E-state index contributed by atoms with van der Waals surface area (Å²) in [6, 6.07) is 8.08. The molecule has 0 spiro atoms. The molecule has 0 atom stereocenters. The monoisotopic (exact) mass is 300 g/mol. The highest BCUT2D eigenvalue weighted by atomic mass is 35.5. The quantitative estimate of drug-likeness (QED) is 0.468. The van der Waals surface area contributed by atoms with Crippen LogP contribution in [0, 0.1) is 10.1 Å². The van der Waals surface area contributed by atoms with E-state index in [-0.39, 0.29) is 5.00 Å². The molecule has 2 aromatic rings. The first-order chi connectivity index (χ1) is 8.56. The van der Waals surface area contributed by atoms with Crippen LogP contribution in [-0.2, 0) is 0 Å². The number of benzene rings is 1. The van der Waals surface area contributed by atoms with E-state index in [0.717, 1.165) is 11.3 Å². The summed E-state index contributed by atoms with van der Waals surface area (Å²) in [5.41, 5.74) is 0.639. The number of thiophene rings is 1. The van der Waals surface area contributed by atoms with E-state index < -0.39 is 4.92 Å². The average molecular weight is 301 g/mol. The molecule has 1 heterocycles. The van der Waals surface area contributed by atoms with Gasteiger partial charge in [0.05, 0.1) is 25.5 Å². The van der Waals surface area contributed by atoms with Gasteiger partial charge in [-0.2, -0.15) is 0 Å². The van der Waals surface area contributed by atoms with Gasteiger partial charge in [-0.25, -0.2) is 0 Å². The highest BCUT2D eigenvalue weighted by Gasteiger charge is 2.07. The number of nitrogens with zero attached hydrogens (tertiary/aromatic N) is 2. The van der Waals surface area contributed by atoms with Gasteiger partial charge in [-0.1, -0.05) is 34.5 Å². The summed E-state index contributed by atoms with van der Waals surface area (Å²) in [6.45, 7) is 0. The van der Waals surface area contributed by atoms with E-state index in [4.69, 9.17) is 23.2 Å². The van der Waals surface area contributed by atoms with Crippen molar-refractivity contribution in [1.82, 2.24) is 0 Å². The van der Waals surface area contributed by atoms with Crippen LogP contribution in [0.1, 0.15) is 4.88 Å². The number of rotatable bonds is 3. The highest BCUT2D eigenvalue weighted by Crippen LogP contribution is 2.27. The highest BCUT2D eigenvalue weighted by molar-refractivity contribution is 7.16. The molecule has 0 aliphatic rings. The van der Waals surface area contributed by atoms with Crippen molar-refractivity contribution in [1.29, 1.82) is 0 Å². The van der Waals surface area contributed by atoms with Gasteiger partial charge in [-0.15, -0.1) is 0 Å². The van der Waals surface area contributed by atoms with Crippen molar-refractivity contribution in [3.8, 4) is 0 Å². The molecule has 0 aliphatic heterocycles. The van der Waals surface area contributed by atoms with Crippen molar-refractivity contribution in [2.75, 3.05) is 0 Å². The van der Waals surface area contributed by atoms with Gasteiger partial charge < -0.3 is 0 Å². The lowest BCUT2D eigenvalue weighted by atomic mass is 10.3. The minimum Gasteiger partial charge on any atom is -0.258 e. The second-order valence-electron chi connectivity index (χ2n) is 3.29. The van der Waals surface area contributed by atoms with E-state index in [1.807, 2.05) is 0 Å². The molecule has 0 radical (unpaired) electrons. The van der Waals surface area contributed by atoms with Gasteiger partial charge >= 0.3 is 5.00 Å². The molecule has 1 aromatic carbocycles. The fourth-order valence-electron chi connectivity index (χ4n) is 1.21. The lowest BCUT2D eigenvalue weighted by Crippen LogP contribution is -1.80. The van der Waals surface area contributed by atoms with Gasteiger partial charge in [0.2, 0.25) is 0 Å². The second kappa shape index (κ2) is 5.48. The van der Waals surface area contributed by atoms with Crippen LogP contribution >= 0.6 is 34.5 Å². The molecule has 0 N–H and O–H groups in total. The number of aliphatic imine (C=N–C) groups is 1. The normalized spacial score (nSPS) is 11.0. The van der Waals surface area contributed by atoms with Gasteiger partial charge in [-0.05, 0) is 24.3 Å². The minimum absolute atomic E-state index is 0.0885. The van der Waals surface area contributed by atoms with E-state index in [0.29, 0.717) is 20.6 Å². The zero-order valence-corrected chi connectivity index (χ0v) is 11.2. The fourth-order valence-corrected chi connectivity index (χ4v) is 2.20. The molecule has 0 amide bonds. The van der Waals surface area contributed by atoms with Gasteiger partial charge in [0.1, 0.15) is 0 Å². The Morgan fingerprint density at radius 1 is 1.22 bits per heavy atom. The Morgan fingerprint density at radius 2 is 2.00 bits per heavy atom. The van der Waals surface area contributed by atoms with E-state index in [1.165, 1.54) is 6.07 Å². The number of hydrogen-bond acceptors (Lipinski definition) is 4. The number of hydrogen-bond donors (Lipinski definition) is 0. The van der Waals surface area contributed by atoms with Gasteiger partial charge in [0.25, 0.3) is 0 Å². The molecular formula is C11H6Cl2N2O2S. The van der Waals surface area contributed by atoms with Crippen LogP contribution in [0.3, 0.4) is 0 Å². The molecule has 1 aromatic heterocycles. The predicted octanol–water partition coefficient (Wildman–Crippen LogP) is 4.71. The van der Waals surface area contributed by atoms with Crippen LogP contribution < -0.4 is 0 Å². The van der Waals surface area contributed by atoms with Crippen molar-refractivity contribution >= 4 is 51.4 Å². The van der Waals surface area contributed by atoms with Crippen LogP contribution in [0.5, 0.6) is 0 Å². The second-order valence-corrected chi connectivity index (χ2v) is 5.20. The summed E-state index contributed by atoms with van der Waals surface area (Å²) in [7, 11) is 0. The van der Waals surface area contributed by atoms with E-state index in [9.17, 15) is 10.1 Å². The van der Waals surface area contributed by atoms with Crippen LogP contribution in [0.2, 0.25) is 10.0 Å². The molecule has 18 heavy (non-hydrogen) atoms. The maximum atomic E-state index is 10.5. The number of nitro groups is 1. The molecule has 0 saturated heterocycles. The van der Waals surface area contributed by atoms with Crippen LogP contribution in [0.25, 0.3) is 0 Å². The fraction of sp³-hybridized carbons (Fsp3) is 0. The molecular weight excluding hydrogens is 295 g/mol. The maximum Gasteiger partial charge on any atom is 0.324 e. The Kier molecular flexibility index (Phi) is 3.96. The number of halogens is 2. The molecule has 0 fully saturated rings. The van der Waals surface area contributed by atoms with E-state index in [2.05, 4.69) is 4.99 Å². The van der Waals surface area contributed by atoms with Crippen molar-refractivity contribution < 1.29 is 4.92 Å². The lowest BCUT2D eigenvalue weighted by molar-refractivity contribution is -0.380. The zero-order chi connectivity index (χ0) is 13.1. The predicted molar refractivity (Wildman–Crippen MR) is 74.7 cm³/mol. The molecule has 0 saturated carbocycles. The smallest absolute Gasteiger partial charge is 0.258 e. The summed E-state index contributed by atoms with van der Waals surface area (Å²) in [5, 5.41) is 11.5. The summed E-state index contributed by atoms with van der Waals surface area (Å²) in [6.07, 6.45) is 1.55. The van der Waals surface area contributed by atoms with Gasteiger partial charge in [0, 0.05) is 12.3 Å². The van der Waals surface area contributed by atoms with Crippen LogP contribution in [-0.4, -0.2) is 11.1 Å². The van der Waals surface area contributed by atoms with Crippen LogP contribution in [0.4, 0.5) is 10.7 Å². The average Bonchev–Trinajstić information content (AvgIpc) is 2.79. The molecule has 4 nitrogen and oxygen atoms in total. The van der Waals surface area contributed by atoms with Crippen molar-refractivity contribution in [2.45, 2.75) is 0 Å². The largest absolute Gasteiger partial charge is 0.324 e.